The number of phenols is 1. The molecule has 0 amide bonds. The Kier molecular flexibility index (Phi) is 5.41. The summed E-state index contributed by atoms with van der Waals surface area (Å²) in [6.45, 7) is 3.99. The third-order valence-corrected chi connectivity index (χ3v) is 5.59. The van der Waals surface area contributed by atoms with Gasteiger partial charge in [0, 0.05) is 11.1 Å². The number of aryl methyl sites for hydroxylation is 2. The van der Waals surface area contributed by atoms with Gasteiger partial charge in [-0.3, -0.25) is 0 Å². The van der Waals surface area contributed by atoms with Gasteiger partial charge >= 0.3 is 0 Å². The Morgan fingerprint density at radius 3 is 1.58 bits per heavy atom. The molecule has 4 nitrogen and oxygen atoms in total. The lowest BCUT2D eigenvalue weighted by Crippen LogP contribution is -2.00. The quantitative estimate of drug-likeness (QED) is 0.339. The second-order valence-corrected chi connectivity index (χ2v) is 8.14. The molecule has 0 atom stereocenters. The maximum atomic E-state index is 10.6. The first kappa shape index (κ1) is 20.6. The summed E-state index contributed by atoms with van der Waals surface area (Å²) in [5.74, 6) is 1.74. The van der Waals surface area contributed by atoms with Crippen molar-refractivity contribution in [2.45, 2.75) is 13.8 Å². The first-order chi connectivity index (χ1) is 16.1. The molecule has 0 saturated carbocycles. The molecule has 1 heterocycles. The molecule has 0 fully saturated rings. The third kappa shape index (κ3) is 4.37. The average Bonchev–Trinajstić information content (AvgIpc) is 2.85. The van der Waals surface area contributed by atoms with Crippen molar-refractivity contribution in [2.75, 3.05) is 0 Å². The van der Waals surface area contributed by atoms with Gasteiger partial charge in [-0.05, 0) is 42.7 Å². The summed E-state index contributed by atoms with van der Waals surface area (Å²) in [5, 5.41) is 10.6. The molecule has 0 saturated heterocycles. The highest BCUT2D eigenvalue weighted by atomic mass is 16.3. The van der Waals surface area contributed by atoms with Gasteiger partial charge in [0.25, 0.3) is 0 Å². The maximum Gasteiger partial charge on any atom is 0.167 e. The lowest BCUT2D eigenvalue weighted by atomic mass is 10.0. The Balaban J connectivity index is 1.63. The molecule has 1 N–H and O–H groups in total. The molecule has 160 valence electrons. The Bertz CT molecular complexity index is 1410. The zero-order valence-corrected chi connectivity index (χ0v) is 18.5. The number of nitrogens with zero attached hydrogens (tertiary/aromatic N) is 3. The van der Waals surface area contributed by atoms with Crippen LogP contribution in [0.3, 0.4) is 0 Å². The first-order valence-corrected chi connectivity index (χ1v) is 10.9. The van der Waals surface area contributed by atoms with Crippen LogP contribution < -0.4 is 0 Å². The molecule has 1 aromatic heterocycles. The number of benzene rings is 4. The Morgan fingerprint density at radius 1 is 0.485 bits per heavy atom. The van der Waals surface area contributed by atoms with Crippen LogP contribution in [-0.4, -0.2) is 20.1 Å². The molecule has 0 aliphatic heterocycles. The van der Waals surface area contributed by atoms with E-state index >= 15 is 0 Å². The second-order valence-electron chi connectivity index (χ2n) is 8.14. The predicted octanol–water partition coefficient (Wildman–Crippen LogP) is 6.86. The van der Waals surface area contributed by atoms with Crippen molar-refractivity contribution < 1.29 is 5.11 Å². The molecule has 0 spiro atoms. The van der Waals surface area contributed by atoms with Gasteiger partial charge in [0.05, 0.1) is 5.56 Å². The normalized spacial score (nSPS) is 10.8. The topological polar surface area (TPSA) is 58.9 Å². The Morgan fingerprint density at radius 2 is 0.970 bits per heavy atom. The minimum atomic E-state index is 0.154. The van der Waals surface area contributed by atoms with Crippen molar-refractivity contribution in [1.82, 2.24) is 15.0 Å². The summed E-state index contributed by atoms with van der Waals surface area (Å²) in [7, 11) is 0. The molecule has 0 unspecified atom stereocenters. The number of hydrogen-bond donors (Lipinski definition) is 1. The van der Waals surface area contributed by atoms with Crippen LogP contribution in [0.15, 0.2) is 97.1 Å². The van der Waals surface area contributed by atoms with Crippen LogP contribution >= 0.6 is 0 Å². The number of aromatic hydroxyl groups is 1. The fraction of sp³-hybridized carbons (Fsp3) is 0.0690. The van der Waals surface area contributed by atoms with Gasteiger partial charge in [-0.25, -0.2) is 15.0 Å². The van der Waals surface area contributed by atoms with Gasteiger partial charge in [-0.2, -0.15) is 0 Å². The zero-order chi connectivity index (χ0) is 22.8. The van der Waals surface area contributed by atoms with E-state index in [1.807, 2.05) is 80.6 Å². The van der Waals surface area contributed by atoms with E-state index in [0.717, 1.165) is 27.8 Å². The van der Waals surface area contributed by atoms with E-state index in [1.54, 1.807) is 6.07 Å². The predicted molar refractivity (Wildman–Crippen MR) is 133 cm³/mol. The van der Waals surface area contributed by atoms with E-state index in [2.05, 4.69) is 24.3 Å². The number of phenolic OH excluding ortho intramolecular Hbond substituents is 1. The molecular weight excluding hydrogens is 406 g/mol. The second kappa shape index (κ2) is 8.67. The van der Waals surface area contributed by atoms with Crippen LogP contribution in [0, 0.1) is 13.8 Å². The van der Waals surface area contributed by atoms with Crippen molar-refractivity contribution in [1.29, 1.82) is 0 Å². The van der Waals surface area contributed by atoms with E-state index in [1.165, 1.54) is 5.56 Å². The molecular formula is C29H23N3O. The van der Waals surface area contributed by atoms with Crippen molar-refractivity contribution in [3.05, 3.63) is 108 Å². The minimum absolute atomic E-state index is 0.154. The molecule has 5 rings (SSSR count). The summed E-state index contributed by atoms with van der Waals surface area (Å²) in [5.41, 5.74) is 6.80. The van der Waals surface area contributed by atoms with Crippen LogP contribution in [0.1, 0.15) is 11.1 Å². The number of hydrogen-bond acceptors (Lipinski definition) is 4. The van der Waals surface area contributed by atoms with Gasteiger partial charge in [0.1, 0.15) is 5.75 Å². The number of rotatable bonds is 4. The van der Waals surface area contributed by atoms with Gasteiger partial charge in [-0.1, -0.05) is 90.5 Å². The van der Waals surface area contributed by atoms with Crippen LogP contribution in [0.5, 0.6) is 5.75 Å². The highest BCUT2D eigenvalue weighted by Crippen LogP contribution is 2.31. The van der Waals surface area contributed by atoms with Crippen molar-refractivity contribution in [3.8, 4) is 51.0 Å². The van der Waals surface area contributed by atoms with Crippen molar-refractivity contribution in [3.63, 3.8) is 0 Å². The van der Waals surface area contributed by atoms with Crippen LogP contribution in [0.25, 0.3) is 45.3 Å². The minimum Gasteiger partial charge on any atom is -0.507 e. The third-order valence-electron chi connectivity index (χ3n) is 5.59. The molecule has 4 heteroatoms. The Labute approximate surface area is 193 Å². The monoisotopic (exact) mass is 429 g/mol. The summed E-state index contributed by atoms with van der Waals surface area (Å²) in [4.78, 5) is 14.2. The fourth-order valence-corrected chi connectivity index (χ4v) is 3.73. The molecule has 4 aromatic carbocycles. The lowest BCUT2D eigenvalue weighted by Gasteiger charge is -2.10. The van der Waals surface area contributed by atoms with E-state index in [-0.39, 0.29) is 5.75 Å². The largest absolute Gasteiger partial charge is 0.507 e. The smallest absolute Gasteiger partial charge is 0.167 e. The van der Waals surface area contributed by atoms with Gasteiger partial charge in [0.15, 0.2) is 17.5 Å². The average molecular weight is 430 g/mol. The van der Waals surface area contributed by atoms with Gasteiger partial charge in [-0.15, -0.1) is 0 Å². The van der Waals surface area contributed by atoms with E-state index in [4.69, 9.17) is 15.0 Å². The molecule has 0 aliphatic carbocycles. The zero-order valence-electron chi connectivity index (χ0n) is 18.5. The van der Waals surface area contributed by atoms with Gasteiger partial charge < -0.3 is 5.11 Å². The molecule has 33 heavy (non-hydrogen) atoms. The molecule has 0 bridgehead atoms. The van der Waals surface area contributed by atoms with Crippen molar-refractivity contribution in [2.24, 2.45) is 0 Å². The highest BCUT2D eigenvalue weighted by molar-refractivity contribution is 5.72. The fourth-order valence-electron chi connectivity index (χ4n) is 3.73. The van der Waals surface area contributed by atoms with E-state index < -0.39 is 0 Å². The van der Waals surface area contributed by atoms with Gasteiger partial charge in [0.2, 0.25) is 0 Å². The van der Waals surface area contributed by atoms with Crippen molar-refractivity contribution >= 4 is 0 Å². The van der Waals surface area contributed by atoms with E-state index in [9.17, 15) is 5.11 Å². The van der Waals surface area contributed by atoms with E-state index in [0.29, 0.717) is 23.0 Å². The summed E-state index contributed by atoms with van der Waals surface area (Å²) >= 11 is 0. The lowest BCUT2D eigenvalue weighted by molar-refractivity contribution is 0.476. The summed E-state index contributed by atoms with van der Waals surface area (Å²) < 4.78 is 0. The standard InChI is InChI=1S/C29H23N3O/c1-19-8-11-23(12-9-19)27-30-28(32-29(31-27)25-17-10-20(2)18-26(25)33)24-15-13-22(14-16-24)21-6-4-3-5-7-21/h3-18,33H,1-2H3. The van der Waals surface area contributed by atoms with Crippen LogP contribution in [-0.2, 0) is 0 Å². The molecule has 0 radical (unpaired) electrons. The maximum absolute atomic E-state index is 10.6. The highest BCUT2D eigenvalue weighted by Gasteiger charge is 2.15. The molecule has 5 aromatic rings. The molecule has 0 aliphatic rings. The summed E-state index contributed by atoms with van der Waals surface area (Å²) in [6.07, 6.45) is 0. The number of aromatic nitrogens is 3. The van der Waals surface area contributed by atoms with Crippen LogP contribution in [0.2, 0.25) is 0 Å². The summed E-state index contributed by atoms with van der Waals surface area (Å²) in [6, 6.07) is 32.0. The SMILES string of the molecule is Cc1ccc(-c2nc(-c3ccc(-c4ccccc4)cc3)nc(-c3ccc(C)cc3O)n2)cc1. The van der Waals surface area contributed by atoms with Crippen LogP contribution in [0.4, 0.5) is 0 Å². The first-order valence-electron chi connectivity index (χ1n) is 10.9. The Hall–Kier alpha value is -4.31.